The summed E-state index contributed by atoms with van der Waals surface area (Å²) in [6.07, 6.45) is 3.23. The first-order valence-electron chi connectivity index (χ1n) is 5.65. The highest BCUT2D eigenvalue weighted by atomic mass is 32.1. The van der Waals surface area contributed by atoms with E-state index in [9.17, 15) is 4.79 Å². The van der Waals surface area contributed by atoms with Crippen LogP contribution in [0.3, 0.4) is 0 Å². The standard InChI is InChI=1S/C11H17N3OS/c1-8-3-2-4-9(5-12)14(8)11(15)10-6-16-7-13-10/h6-9H,2-5,12H2,1H3. The zero-order chi connectivity index (χ0) is 11.5. The van der Waals surface area contributed by atoms with Crippen molar-refractivity contribution in [1.29, 1.82) is 0 Å². The minimum Gasteiger partial charge on any atom is -0.330 e. The van der Waals surface area contributed by atoms with Crippen molar-refractivity contribution in [2.45, 2.75) is 38.3 Å². The molecule has 16 heavy (non-hydrogen) atoms. The molecule has 5 heteroatoms. The van der Waals surface area contributed by atoms with E-state index in [0.29, 0.717) is 12.2 Å². The third-order valence-electron chi connectivity index (χ3n) is 3.19. The van der Waals surface area contributed by atoms with Gasteiger partial charge in [-0.3, -0.25) is 4.79 Å². The molecule has 1 aliphatic heterocycles. The quantitative estimate of drug-likeness (QED) is 0.850. The molecule has 0 bridgehead atoms. The van der Waals surface area contributed by atoms with E-state index in [1.807, 2.05) is 4.90 Å². The first-order chi connectivity index (χ1) is 7.74. The number of likely N-dealkylation sites (tertiary alicyclic amines) is 1. The van der Waals surface area contributed by atoms with Crippen LogP contribution in [0.15, 0.2) is 10.9 Å². The van der Waals surface area contributed by atoms with E-state index in [0.717, 1.165) is 19.3 Å². The van der Waals surface area contributed by atoms with Crippen molar-refractivity contribution in [1.82, 2.24) is 9.88 Å². The van der Waals surface area contributed by atoms with Gasteiger partial charge in [-0.1, -0.05) is 0 Å². The molecule has 0 saturated carbocycles. The first-order valence-corrected chi connectivity index (χ1v) is 6.59. The molecule has 1 amide bonds. The van der Waals surface area contributed by atoms with Crippen molar-refractivity contribution >= 4 is 17.2 Å². The molecule has 2 N–H and O–H groups in total. The van der Waals surface area contributed by atoms with Crippen molar-refractivity contribution in [3.8, 4) is 0 Å². The lowest BCUT2D eigenvalue weighted by atomic mass is 9.96. The Morgan fingerprint density at radius 3 is 3.12 bits per heavy atom. The van der Waals surface area contributed by atoms with Gasteiger partial charge in [-0.2, -0.15) is 0 Å². The van der Waals surface area contributed by atoms with Crippen LogP contribution in [0.1, 0.15) is 36.7 Å². The second kappa shape index (κ2) is 4.93. The fraction of sp³-hybridized carbons (Fsp3) is 0.636. The second-order valence-corrected chi connectivity index (χ2v) is 4.97. The largest absolute Gasteiger partial charge is 0.330 e. The van der Waals surface area contributed by atoms with Gasteiger partial charge in [-0.25, -0.2) is 4.98 Å². The Kier molecular flexibility index (Phi) is 3.56. The number of hydrogen-bond donors (Lipinski definition) is 1. The maximum atomic E-state index is 12.3. The maximum Gasteiger partial charge on any atom is 0.273 e. The van der Waals surface area contributed by atoms with Crippen molar-refractivity contribution < 1.29 is 4.79 Å². The van der Waals surface area contributed by atoms with Crippen molar-refractivity contribution in [3.05, 3.63) is 16.6 Å². The molecule has 1 aliphatic rings. The van der Waals surface area contributed by atoms with Crippen LogP contribution in [0.4, 0.5) is 0 Å². The summed E-state index contributed by atoms with van der Waals surface area (Å²) in [5.41, 5.74) is 7.98. The number of rotatable bonds is 2. The zero-order valence-corrected chi connectivity index (χ0v) is 10.2. The Bertz CT molecular complexity index is 352. The average Bonchev–Trinajstić information content (AvgIpc) is 2.81. The van der Waals surface area contributed by atoms with Crippen LogP contribution in [0, 0.1) is 0 Å². The third kappa shape index (κ3) is 2.10. The molecule has 0 radical (unpaired) electrons. The van der Waals surface area contributed by atoms with Crippen LogP contribution >= 0.6 is 11.3 Å². The van der Waals surface area contributed by atoms with Gasteiger partial charge in [0.2, 0.25) is 0 Å². The van der Waals surface area contributed by atoms with Gasteiger partial charge in [-0.15, -0.1) is 11.3 Å². The predicted octanol–water partition coefficient (Wildman–Crippen LogP) is 1.48. The molecule has 2 rings (SSSR count). The molecule has 0 spiro atoms. The van der Waals surface area contributed by atoms with E-state index in [1.54, 1.807) is 10.9 Å². The molecule has 0 aliphatic carbocycles. The normalized spacial score (nSPS) is 25.8. The highest BCUT2D eigenvalue weighted by Crippen LogP contribution is 2.24. The monoisotopic (exact) mass is 239 g/mol. The van der Waals surface area contributed by atoms with Gasteiger partial charge in [0.15, 0.2) is 0 Å². The molecule has 1 saturated heterocycles. The smallest absolute Gasteiger partial charge is 0.273 e. The first kappa shape index (κ1) is 11.5. The van der Waals surface area contributed by atoms with Crippen LogP contribution < -0.4 is 5.73 Å². The van der Waals surface area contributed by atoms with Crippen LogP contribution in [0.25, 0.3) is 0 Å². The summed E-state index contributed by atoms with van der Waals surface area (Å²) in [4.78, 5) is 18.3. The molecule has 2 heterocycles. The minimum absolute atomic E-state index is 0.0314. The molecule has 88 valence electrons. The van der Waals surface area contributed by atoms with E-state index in [4.69, 9.17) is 5.73 Å². The van der Waals surface area contributed by atoms with Crippen molar-refractivity contribution in [2.24, 2.45) is 5.73 Å². The van der Waals surface area contributed by atoms with Gasteiger partial charge in [0.1, 0.15) is 5.69 Å². The van der Waals surface area contributed by atoms with E-state index in [-0.39, 0.29) is 18.0 Å². The number of carbonyl (C=O) groups excluding carboxylic acids is 1. The van der Waals surface area contributed by atoms with Crippen LogP contribution in [-0.2, 0) is 0 Å². The lowest BCUT2D eigenvalue weighted by Crippen LogP contribution is -2.51. The molecule has 0 aromatic carbocycles. The molecule has 1 aromatic heterocycles. The minimum atomic E-state index is 0.0314. The number of nitrogens with two attached hydrogens (primary N) is 1. The highest BCUT2D eigenvalue weighted by Gasteiger charge is 2.32. The average molecular weight is 239 g/mol. The third-order valence-corrected chi connectivity index (χ3v) is 3.77. The SMILES string of the molecule is CC1CCCC(CN)N1C(=O)c1cscn1. The molecule has 1 fully saturated rings. The molecular formula is C11H17N3OS. The van der Waals surface area contributed by atoms with Crippen LogP contribution in [-0.4, -0.2) is 34.4 Å². The number of hydrogen-bond acceptors (Lipinski definition) is 4. The second-order valence-electron chi connectivity index (χ2n) is 4.26. The summed E-state index contributed by atoms with van der Waals surface area (Å²) < 4.78 is 0. The Morgan fingerprint density at radius 1 is 1.69 bits per heavy atom. The predicted molar refractivity (Wildman–Crippen MR) is 64.4 cm³/mol. The summed E-state index contributed by atoms with van der Waals surface area (Å²) in [5.74, 6) is 0.0314. The fourth-order valence-electron chi connectivity index (χ4n) is 2.33. The summed E-state index contributed by atoms with van der Waals surface area (Å²) in [6.45, 7) is 2.63. The Labute approximate surface area is 99.5 Å². The van der Waals surface area contributed by atoms with E-state index in [2.05, 4.69) is 11.9 Å². The van der Waals surface area contributed by atoms with Gasteiger partial charge in [0.05, 0.1) is 5.51 Å². The lowest BCUT2D eigenvalue weighted by Gasteiger charge is -2.39. The summed E-state index contributed by atoms with van der Waals surface area (Å²) in [5, 5.41) is 1.80. The number of thiazole rings is 1. The zero-order valence-electron chi connectivity index (χ0n) is 9.43. The van der Waals surface area contributed by atoms with Gasteiger partial charge in [0.25, 0.3) is 5.91 Å². The number of carbonyl (C=O) groups is 1. The molecule has 1 aromatic rings. The van der Waals surface area contributed by atoms with E-state index >= 15 is 0 Å². The fourth-order valence-corrected chi connectivity index (χ4v) is 2.86. The number of aromatic nitrogens is 1. The molecule has 2 unspecified atom stereocenters. The lowest BCUT2D eigenvalue weighted by molar-refractivity contribution is 0.0489. The van der Waals surface area contributed by atoms with Gasteiger partial charge in [0, 0.05) is 24.0 Å². The number of piperidine rings is 1. The Hall–Kier alpha value is -0.940. The summed E-state index contributed by atoms with van der Waals surface area (Å²) in [7, 11) is 0. The van der Waals surface area contributed by atoms with E-state index in [1.165, 1.54) is 11.3 Å². The van der Waals surface area contributed by atoms with Gasteiger partial charge >= 0.3 is 0 Å². The summed E-state index contributed by atoms with van der Waals surface area (Å²) in [6, 6.07) is 0.453. The molecule has 2 atom stereocenters. The summed E-state index contributed by atoms with van der Waals surface area (Å²) >= 11 is 1.45. The Morgan fingerprint density at radius 2 is 2.50 bits per heavy atom. The van der Waals surface area contributed by atoms with Gasteiger partial charge < -0.3 is 10.6 Å². The van der Waals surface area contributed by atoms with Crippen molar-refractivity contribution in [3.63, 3.8) is 0 Å². The molecular weight excluding hydrogens is 222 g/mol. The molecule has 4 nitrogen and oxygen atoms in total. The Balaban J connectivity index is 2.19. The topological polar surface area (TPSA) is 59.2 Å². The number of nitrogens with zero attached hydrogens (tertiary/aromatic N) is 2. The van der Waals surface area contributed by atoms with Gasteiger partial charge in [-0.05, 0) is 26.2 Å². The highest BCUT2D eigenvalue weighted by molar-refractivity contribution is 7.07. The van der Waals surface area contributed by atoms with Crippen LogP contribution in [0.2, 0.25) is 0 Å². The number of amides is 1. The van der Waals surface area contributed by atoms with Crippen molar-refractivity contribution in [2.75, 3.05) is 6.54 Å². The van der Waals surface area contributed by atoms with Crippen LogP contribution in [0.5, 0.6) is 0 Å². The van der Waals surface area contributed by atoms with E-state index < -0.39 is 0 Å². The maximum absolute atomic E-state index is 12.3.